The number of ether oxygens (including phenoxy) is 1. The molecule has 74 valence electrons. The molecule has 1 atom stereocenters. The molecule has 0 N–H and O–H groups in total. The highest BCUT2D eigenvalue weighted by atomic mass is 32.2. The molecule has 0 spiro atoms. The van der Waals surface area contributed by atoms with E-state index in [0.717, 1.165) is 37.2 Å². The Kier molecular flexibility index (Phi) is 1.94. The van der Waals surface area contributed by atoms with Gasteiger partial charge in [-0.05, 0) is 30.9 Å². The normalized spacial score (nSPS) is 30.7. The van der Waals surface area contributed by atoms with Gasteiger partial charge in [-0.15, -0.1) is 11.8 Å². The van der Waals surface area contributed by atoms with Crippen molar-refractivity contribution in [2.45, 2.75) is 24.5 Å². The van der Waals surface area contributed by atoms with Gasteiger partial charge in [0.1, 0.15) is 5.76 Å². The molecule has 0 radical (unpaired) electrons. The summed E-state index contributed by atoms with van der Waals surface area (Å²) in [6.45, 7) is 0.814. The van der Waals surface area contributed by atoms with E-state index in [4.69, 9.17) is 4.74 Å². The van der Waals surface area contributed by atoms with E-state index in [1.54, 1.807) is 11.8 Å². The van der Waals surface area contributed by atoms with Crippen molar-refractivity contribution in [3.8, 4) is 0 Å². The number of allylic oxidation sites excluding steroid dienone is 2. The van der Waals surface area contributed by atoms with Gasteiger partial charge < -0.3 is 4.74 Å². The second-order valence-electron chi connectivity index (χ2n) is 3.95. The van der Waals surface area contributed by atoms with Crippen LogP contribution in [0.25, 0.3) is 0 Å². The number of hydrogen-bond donors (Lipinski definition) is 0. The van der Waals surface area contributed by atoms with Gasteiger partial charge >= 0.3 is 0 Å². The number of hydrogen-bond acceptors (Lipinski definition) is 3. The Morgan fingerprint density at radius 2 is 2.43 bits per heavy atom. The fraction of sp³-hybridized carbons (Fsp3) is 0.545. The molecule has 1 saturated heterocycles. The molecule has 14 heavy (non-hydrogen) atoms. The van der Waals surface area contributed by atoms with Crippen LogP contribution in [0.2, 0.25) is 0 Å². The van der Waals surface area contributed by atoms with E-state index in [0.29, 0.717) is 16.8 Å². The van der Waals surface area contributed by atoms with Crippen molar-refractivity contribution in [3.63, 3.8) is 0 Å². The summed E-state index contributed by atoms with van der Waals surface area (Å²) < 4.78 is 5.58. The molecule has 3 rings (SSSR count). The first-order valence-corrected chi connectivity index (χ1v) is 6.10. The molecule has 0 aromatic rings. The number of ketones is 1. The minimum absolute atomic E-state index is 0.306. The zero-order chi connectivity index (χ0) is 9.54. The van der Waals surface area contributed by atoms with Crippen LogP contribution in [-0.4, -0.2) is 23.4 Å². The second kappa shape index (κ2) is 3.16. The highest BCUT2D eigenvalue weighted by Gasteiger charge is 2.34. The molecule has 1 unspecified atom stereocenters. The Hall–Kier alpha value is -0.700. The van der Waals surface area contributed by atoms with Crippen LogP contribution in [0.15, 0.2) is 23.0 Å². The number of rotatable bonds is 0. The van der Waals surface area contributed by atoms with Crippen LogP contribution in [0.3, 0.4) is 0 Å². The van der Waals surface area contributed by atoms with Gasteiger partial charge in [-0.25, -0.2) is 0 Å². The molecule has 1 fully saturated rings. The Bertz CT molecular complexity index is 354. The highest BCUT2D eigenvalue weighted by molar-refractivity contribution is 8.01. The molecule has 0 amide bonds. The second-order valence-corrected chi connectivity index (χ2v) is 5.14. The molecule has 3 heteroatoms. The van der Waals surface area contributed by atoms with Crippen LogP contribution in [0, 0.1) is 0 Å². The largest absolute Gasteiger partial charge is 0.494 e. The molecule has 3 aliphatic rings. The van der Waals surface area contributed by atoms with Gasteiger partial charge in [0.15, 0.2) is 5.78 Å². The summed E-state index contributed by atoms with van der Waals surface area (Å²) in [6, 6.07) is 0. The topological polar surface area (TPSA) is 26.3 Å². The molecule has 2 heterocycles. The Labute approximate surface area is 87.4 Å². The SMILES string of the molecule is O=C1CSC2CC3=C(C=C12)OCCC3. The lowest BCUT2D eigenvalue weighted by Crippen LogP contribution is -2.17. The maximum absolute atomic E-state index is 11.5. The maximum atomic E-state index is 11.5. The lowest BCUT2D eigenvalue weighted by Gasteiger charge is -2.26. The van der Waals surface area contributed by atoms with Gasteiger partial charge in [0.25, 0.3) is 0 Å². The third-order valence-electron chi connectivity index (χ3n) is 3.03. The molecule has 2 nitrogen and oxygen atoms in total. The summed E-state index contributed by atoms with van der Waals surface area (Å²) in [5, 5.41) is 0.433. The molecule has 0 saturated carbocycles. The maximum Gasteiger partial charge on any atom is 0.170 e. The molecule has 1 aliphatic carbocycles. The first-order valence-electron chi connectivity index (χ1n) is 5.06. The molecular formula is C11H12O2S. The van der Waals surface area contributed by atoms with E-state index >= 15 is 0 Å². The van der Waals surface area contributed by atoms with Gasteiger partial charge in [-0.1, -0.05) is 0 Å². The fourth-order valence-corrected chi connectivity index (χ4v) is 3.49. The van der Waals surface area contributed by atoms with Gasteiger partial charge in [0, 0.05) is 10.8 Å². The summed E-state index contributed by atoms with van der Waals surface area (Å²) in [5.74, 6) is 1.97. The van der Waals surface area contributed by atoms with Crippen molar-refractivity contribution in [3.05, 3.63) is 23.0 Å². The Balaban J connectivity index is 1.98. The van der Waals surface area contributed by atoms with Crippen LogP contribution in [0.5, 0.6) is 0 Å². The molecule has 0 aromatic carbocycles. The summed E-state index contributed by atoms with van der Waals surface area (Å²) in [4.78, 5) is 11.5. The van der Waals surface area contributed by atoms with Crippen LogP contribution < -0.4 is 0 Å². The van der Waals surface area contributed by atoms with Crippen molar-refractivity contribution in [1.82, 2.24) is 0 Å². The van der Waals surface area contributed by atoms with E-state index in [-0.39, 0.29) is 0 Å². The first kappa shape index (κ1) is 8.60. The van der Waals surface area contributed by atoms with Gasteiger partial charge in [0.2, 0.25) is 0 Å². The van der Waals surface area contributed by atoms with Gasteiger partial charge in [-0.2, -0.15) is 0 Å². The van der Waals surface area contributed by atoms with E-state index in [1.807, 2.05) is 6.08 Å². The quantitative estimate of drug-likeness (QED) is 0.609. The third kappa shape index (κ3) is 1.22. The smallest absolute Gasteiger partial charge is 0.170 e. The average molecular weight is 208 g/mol. The van der Waals surface area contributed by atoms with Crippen LogP contribution >= 0.6 is 11.8 Å². The molecule has 0 aromatic heterocycles. The summed E-state index contributed by atoms with van der Waals surface area (Å²) in [5.41, 5.74) is 2.42. The first-order chi connectivity index (χ1) is 6.84. The summed E-state index contributed by atoms with van der Waals surface area (Å²) in [6.07, 6.45) is 5.32. The zero-order valence-corrected chi connectivity index (χ0v) is 8.73. The van der Waals surface area contributed by atoms with Gasteiger partial charge in [0.05, 0.1) is 12.4 Å². The van der Waals surface area contributed by atoms with E-state index in [1.165, 1.54) is 5.57 Å². The Morgan fingerprint density at radius 1 is 1.50 bits per heavy atom. The van der Waals surface area contributed by atoms with Crippen molar-refractivity contribution in [2.24, 2.45) is 0 Å². The van der Waals surface area contributed by atoms with Gasteiger partial charge in [-0.3, -0.25) is 4.79 Å². The third-order valence-corrected chi connectivity index (χ3v) is 4.28. The van der Waals surface area contributed by atoms with Crippen LogP contribution in [0.1, 0.15) is 19.3 Å². The van der Waals surface area contributed by atoms with Crippen molar-refractivity contribution >= 4 is 17.5 Å². The lowest BCUT2D eigenvalue weighted by atomic mass is 9.91. The highest BCUT2D eigenvalue weighted by Crippen LogP contribution is 2.41. The zero-order valence-electron chi connectivity index (χ0n) is 7.91. The molecule has 2 aliphatic heterocycles. The fourth-order valence-electron chi connectivity index (χ4n) is 2.28. The minimum Gasteiger partial charge on any atom is -0.494 e. The van der Waals surface area contributed by atoms with Crippen molar-refractivity contribution < 1.29 is 9.53 Å². The number of carbonyl (C=O) groups is 1. The van der Waals surface area contributed by atoms with E-state index in [2.05, 4.69) is 0 Å². The summed E-state index contributed by atoms with van der Waals surface area (Å²) in [7, 11) is 0. The monoisotopic (exact) mass is 208 g/mol. The summed E-state index contributed by atoms with van der Waals surface area (Å²) >= 11 is 1.78. The minimum atomic E-state index is 0.306. The standard InChI is InChI=1S/C11H12O2S/c12-9-6-14-11-4-7-2-1-3-13-10(7)5-8(9)11/h5,11H,1-4,6H2. The van der Waals surface area contributed by atoms with Crippen molar-refractivity contribution in [2.75, 3.05) is 12.4 Å². The van der Waals surface area contributed by atoms with Crippen LogP contribution in [-0.2, 0) is 9.53 Å². The van der Waals surface area contributed by atoms with Crippen LogP contribution in [0.4, 0.5) is 0 Å². The van der Waals surface area contributed by atoms with E-state index in [9.17, 15) is 4.79 Å². The molecular weight excluding hydrogens is 196 g/mol. The Morgan fingerprint density at radius 3 is 3.36 bits per heavy atom. The number of carbonyl (C=O) groups excluding carboxylic acids is 1. The number of Topliss-reactive ketones (excluding diaryl/α,β-unsaturated/α-hetero) is 1. The number of thioether (sulfide) groups is 1. The molecule has 0 bridgehead atoms. The predicted octanol–water partition coefficient (Wildman–Crippen LogP) is 2.07. The average Bonchev–Trinajstić information content (AvgIpc) is 2.57. The number of fused-ring (bicyclic) bond motifs is 1. The van der Waals surface area contributed by atoms with E-state index < -0.39 is 0 Å². The van der Waals surface area contributed by atoms with Crippen molar-refractivity contribution in [1.29, 1.82) is 0 Å². The lowest BCUT2D eigenvalue weighted by molar-refractivity contribution is -0.113. The predicted molar refractivity (Wildman–Crippen MR) is 56.2 cm³/mol.